The lowest BCUT2D eigenvalue weighted by Crippen LogP contribution is -2.46. The van der Waals surface area contributed by atoms with Crippen molar-refractivity contribution < 1.29 is 19.1 Å². The fourth-order valence-corrected chi connectivity index (χ4v) is 3.89. The van der Waals surface area contributed by atoms with Crippen molar-refractivity contribution in [2.24, 2.45) is 0 Å². The molecule has 2 aromatic rings. The van der Waals surface area contributed by atoms with Crippen molar-refractivity contribution >= 4 is 40.5 Å². The molecule has 2 heterocycles. The van der Waals surface area contributed by atoms with Crippen LogP contribution in [0.4, 0.5) is 10.6 Å². The second kappa shape index (κ2) is 8.06. The molecular weight excluding hydrogens is 398 g/mol. The number of nitrogens with zero attached hydrogens (tertiary/aromatic N) is 3. The number of hydrogen-bond donors (Lipinski definition) is 2. The predicted octanol–water partition coefficient (Wildman–Crippen LogP) is 3.77. The number of methoxy groups -OCH3 is 1. The third kappa shape index (κ3) is 4.39. The number of carbonyl (C=O) groups is 2. The Kier molecular flexibility index (Phi) is 5.88. The summed E-state index contributed by atoms with van der Waals surface area (Å²) in [7, 11) is 1.37. The molecule has 0 saturated heterocycles. The minimum absolute atomic E-state index is 0.0688. The molecule has 0 atom stereocenters. The van der Waals surface area contributed by atoms with E-state index in [2.05, 4.69) is 20.8 Å². The largest absolute Gasteiger partial charge is 0.467 e. The van der Waals surface area contributed by atoms with Crippen LogP contribution in [0.2, 0.25) is 5.28 Å². The molecule has 2 aromatic heterocycles. The SMILES string of the molecule is COC(=O)C1(n2c(NNC(=O)OC(C)(C)C)cc3cnc(Cl)nc32)CCCCC1. The van der Waals surface area contributed by atoms with Gasteiger partial charge in [-0.1, -0.05) is 19.3 Å². The molecule has 1 aliphatic rings. The first kappa shape index (κ1) is 21.2. The number of aromatic nitrogens is 3. The summed E-state index contributed by atoms with van der Waals surface area (Å²) in [5.74, 6) is 0.111. The van der Waals surface area contributed by atoms with E-state index in [9.17, 15) is 9.59 Å². The van der Waals surface area contributed by atoms with Crippen LogP contribution in [0.15, 0.2) is 12.3 Å². The molecule has 1 fully saturated rings. The molecule has 10 heteroatoms. The van der Waals surface area contributed by atoms with Crippen molar-refractivity contribution in [3.8, 4) is 0 Å². The van der Waals surface area contributed by atoms with Crippen LogP contribution in [0.5, 0.6) is 0 Å². The van der Waals surface area contributed by atoms with Gasteiger partial charge >= 0.3 is 12.1 Å². The van der Waals surface area contributed by atoms with Crippen LogP contribution in [-0.2, 0) is 19.8 Å². The summed E-state index contributed by atoms with van der Waals surface area (Å²) in [4.78, 5) is 33.4. The van der Waals surface area contributed by atoms with E-state index in [1.54, 1.807) is 37.6 Å². The Hall–Kier alpha value is -2.55. The molecule has 2 N–H and O–H groups in total. The van der Waals surface area contributed by atoms with E-state index < -0.39 is 17.2 Å². The molecule has 1 aliphatic carbocycles. The van der Waals surface area contributed by atoms with Gasteiger partial charge in [0, 0.05) is 11.6 Å². The zero-order valence-corrected chi connectivity index (χ0v) is 17.8. The second-order valence-electron chi connectivity index (χ2n) is 8.12. The number of ether oxygens (including phenoxy) is 2. The van der Waals surface area contributed by atoms with E-state index in [0.29, 0.717) is 29.7 Å². The fourth-order valence-electron chi connectivity index (χ4n) is 3.76. The van der Waals surface area contributed by atoms with E-state index in [1.807, 2.05) is 0 Å². The first-order chi connectivity index (χ1) is 13.7. The second-order valence-corrected chi connectivity index (χ2v) is 8.46. The Morgan fingerprint density at radius 2 is 1.93 bits per heavy atom. The molecule has 0 aromatic carbocycles. The third-order valence-electron chi connectivity index (χ3n) is 4.88. The van der Waals surface area contributed by atoms with Gasteiger partial charge < -0.3 is 9.47 Å². The Balaban J connectivity index is 2.06. The molecule has 1 saturated carbocycles. The molecule has 0 spiro atoms. The summed E-state index contributed by atoms with van der Waals surface area (Å²) in [5.41, 5.74) is 4.28. The standard InChI is InChI=1S/C19H26ClN5O4/c1-18(2,3)29-17(27)24-23-13-10-12-11-21-16(20)22-14(12)25(13)19(15(26)28-4)8-6-5-7-9-19/h10-11,23H,5-9H2,1-4H3,(H,24,27). The van der Waals surface area contributed by atoms with Gasteiger partial charge in [-0.05, 0) is 51.3 Å². The van der Waals surface area contributed by atoms with Crippen molar-refractivity contribution in [1.29, 1.82) is 0 Å². The summed E-state index contributed by atoms with van der Waals surface area (Å²) in [6.07, 6.45) is 4.88. The van der Waals surface area contributed by atoms with Gasteiger partial charge in [0.05, 0.1) is 7.11 Å². The number of esters is 1. The number of carbonyl (C=O) groups excluding carboxylic acids is 2. The Bertz CT molecular complexity index is 915. The summed E-state index contributed by atoms with van der Waals surface area (Å²) >= 11 is 6.04. The van der Waals surface area contributed by atoms with Gasteiger partial charge in [-0.2, -0.15) is 4.98 Å². The average Bonchev–Trinajstić information content (AvgIpc) is 3.03. The van der Waals surface area contributed by atoms with E-state index >= 15 is 0 Å². The monoisotopic (exact) mass is 423 g/mol. The van der Waals surface area contributed by atoms with E-state index in [-0.39, 0.29) is 11.3 Å². The summed E-state index contributed by atoms with van der Waals surface area (Å²) < 4.78 is 12.2. The van der Waals surface area contributed by atoms with Crippen LogP contribution < -0.4 is 10.9 Å². The zero-order valence-electron chi connectivity index (χ0n) is 17.0. The minimum Gasteiger partial charge on any atom is -0.467 e. The normalized spacial score (nSPS) is 16.3. The molecule has 0 radical (unpaired) electrons. The van der Waals surface area contributed by atoms with E-state index in [0.717, 1.165) is 19.3 Å². The highest BCUT2D eigenvalue weighted by atomic mass is 35.5. The lowest BCUT2D eigenvalue weighted by Gasteiger charge is -2.37. The van der Waals surface area contributed by atoms with Gasteiger partial charge in [-0.25, -0.2) is 20.0 Å². The first-order valence-electron chi connectivity index (χ1n) is 9.54. The van der Waals surface area contributed by atoms with Crippen LogP contribution in [0, 0.1) is 0 Å². The number of amides is 1. The zero-order chi connectivity index (χ0) is 21.2. The Labute approximate surface area is 174 Å². The fraction of sp³-hybridized carbons (Fsp3) is 0.579. The lowest BCUT2D eigenvalue weighted by molar-refractivity contribution is -0.153. The van der Waals surface area contributed by atoms with Crippen LogP contribution in [0.3, 0.4) is 0 Å². The molecule has 1 amide bonds. The maximum atomic E-state index is 12.9. The quantitative estimate of drug-likeness (QED) is 0.437. The molecule has 0 aliphatic heterocycles. The highest BCUT2D eigenvalue weighted by molar-refractivity contribution is 6.28. The van der Waals surface area contributed by atoms with Gasteiger partial charge in [-0.15, -0.1) is 0 Å². The Morgan fingerprint density at radius 1 is 1.24 bits per heavy atom. The van der Waals surface area contributed by atoms with Gasteiger partial charge in [0.25, 0.3) is 0 Å². The molecule has 9 nitrogen and oxygen atoms in total. The highest BCUT2D eigenvalue weighted by Gasteiger charge is 2.45. The summed E-state index contributed by atoms with van der Waals surface area (Å²) in [5, 5.41) is 0.746. The van der Waals surface area contributed by atoms with Crippen LogP contribution >= 0.6 is 11.6 Å². The maximum Gasteiger partial charge on any atom is 0.426 e. The van der Waals surface area contributed by atoms with Gasteiger partial charge in [0.2, 0.25) is 5.28 Å². The number of hydrogen-bond acceptors (Lipinski definition) is 7. The lowest BCUT2D eigenvalue weighted by atomic mass is 9.81. The minimum atomic E-state index is -0.954. The van der Waals surface area contributed by atoms with E-state index in [4.69, 9.17) is 21.1 Å². The number of anilines is 1. The molecule has 3 rings (SSSR count). The number of nitrogens with one attached hydrogen (secondary N) is 2. The van der Waals surface area contributed by atoms with Crippen molar-refractivity contribution in [1.82, 2.24) is 20.0 Å². The van der Waals surface area contributed by atoms with E-state index in [1.165, 1.54) is 7.11 Å². The van der Waals surface area contributed by atoms with Crippen LogP contribution in [0.1, 0.15) is 52.9 Å². The average molecular weight is 424 g/mol. The highest BCUT2D eigenvalue weighted by Crippen LogP contribution is 2.41. The summed E-state index contributed by atoms with van der Waals surface area (Å²) in [6, 6.07) is 1.75. The van der Waals surface area contributed by atoms with Crippen molar-refractivity contribution in [2.45, 2.75) is 64.0 Å². The van der Waals surface area contributed by atoms with Crippen molar-refractivity contribution in [2.75, 3.05) is 12.5 Å². The first-order valence-corrected chi connectivity index (χ1v) is 9.92. The van der Waals surface area contributed by atoms with Crippen LogP contribution in [0.25, 0.3) is 11.0 Å². The number of halogens is 1. The number of hydrazine groups is 1. The third-order valence-corrected chi connectivity index (χ3v) is 5.06. The predicted molar refractivity (Wildman–Crippen MR) is 109 cm³/mol. The van der Waals surface area contributed by atoms with Crippen molar-refractivity contribution in [3.05, 3.63) is 17.5 Å². The molecular formula is C19H26ClN5O4. The number of rotatable bonds is 4. The maximum absolute atomic E-state index is 12.9. The van der Waals surface area contributed by atoms with Gasteiger partial charge in [0.1, 0.15) is 22.6 Å². The molecule has 0 bridgehead atoms. The topological polar surface area (TPSA) is 107 Å². The van der Waals surface area contributed by atoms with Crippen LogP contribution in [-0.4, -0.2) is 39.3 Å². The smallest absolute Gasteiger partial charge is 0.426 e. The number of fused-ring (bicyclic) bond motifs is 1. The summed E-state index contributed by atoms with van der Waals surface area (Å²) in [6.45, 7) is 5.32. The van der Waals surface area contributed by atoms with Gasteiger partial charge in [-0.3, -0.25) is 9.99 Å². The Morgan fingerprint density at radius 3 is 2.55 bits per heavy atom. The molecule has 29 heavy (non-hydrogen) atoms. The molecule has 158 valence electrons. The van der Waals surface area contributed by atoms with Gasteiger partial charge in [0.15, 0.2) is 0 Å². The van der Waals surface area contributed by atoms with Crippen molar-refractivity contribution in [3.63, 3.8) is 0 Å². The molecule has 0 unspecified atom stereocenters.